The Balaban J connectivity index is 2.25. The quantitative estimate of drug-likeness (QED) is 0.263. The van der Waals surface area contributed by atoms with Crippen molar-refractivity contribution in [1.29, 1.82) is 0 Å². The molecule has 1 rings (SSSR count). The van der Waals surface area contributed by atoms with E-state index < -0.39 is 18.2 Å². The second-order valence-corrected chi connectivity index (χ2v) is 1.85. The third kappa shape index (κ3) is 1.37. The lowest BCUT2D eigenvalue weighted by Crippen LogP contribution is -2.09. The standard InChI is InChI=1S/C4H5N3O3/c5-7-6-1-2-3(10-2)4(8)9/h2-3H,1H2,(H,8,9)/t2-,3-/m1/s1. The molecule has 2 atom stereocenters. The molecule has 0 spiro atoms. The first-order valence-corrected chi connectivity index (χ1v) is 2.65. The third-order valence-corrected chi connectivity index (χ3v) is 1.15. The van der Waals surface area contributed by atoms with E-state index in [1.54, 1.807) is 0 Å². The van der Waals surface area contributed by atoms with E-state index >= 15 is 0 Å². The van der Waals surface area contributed by atoms with Gasteiger partial charge in [0.25, 0.3) is 0 Å². The Kier molecular flexibility index (Phi) is 1.75. The minimum absolute atomic E-state index is 0.105. The SMILES string of the molecule is [N-]=[N+]=NC[C@H]1O[C@H]1C(=O)O. The molecule has 1 N–H and O–H groups in total. The van der Waals surface area contributed by atoms with Crippen LogP contribution >= 0.6 is 0 Å². The Labute approximate surface area is 56.0 Å². The number of ether oxygens (including phenoxy) is 1. The number of hydrogen-bond donors (Lipinski definition) is 1. The van der Waals surface area contributed by atoms with Gasteiger partial charge in [-0.2, -0.15) is 0 Å². The maximum Gasteiger partial charge on any atom is 0.335 e. The minimum atomic E-state index is -1.00. The molecule has 1 heterocycles. The molecule has 0 amide bonds. The Morgan fingerprint density at radius 1 is 1.90 bits per heavy atom. The van der Waals surface area contributed by atoms with Crippen molar-refractivity contribution in [2.75, 3.05) is 6.54 Å². The number of azide groups is 1. The number of carboxylic acids is 1. The molecule has 6 nitrogen and oxygen atoms in total. The Morgan fingerprint density at radius 2 is 2.60 bits per heavy atom. The van der Waals surface area contributed by atoms with E-state index in [0.717, 1.165) is 0 Å². The van der Waals surface area contributed by atoms with Gasteiger partial charge in [0, 0.05) is 4.91 Å². The van der Waals surface area contributed by atoms with Gasteiger partial charge in [-0.3, -0.25) is 0 Å². The largest absolute Gasteiger partial charge is 0.479 e. The molecule has 1 aliphatic rings. The first-order chi connectivity index (χ1) is 4.75. The fraction of sp³-hybridized carbons (Fsp3) is 0.750. The monoisotopic (exact) mass is 143 g/mol. The van der Waals surface area contributed by atoms with Crippen molar-refractivity contribution in [3.05, 3.63) is 10.4 Å². The highest BCUT2D eigenvalue weighted by atomic mass is 16.6. The van der Waals surface area contributed by atoms with Crippen LogP contribution in [0.4, 0.5) is 0 Å². The third-order valence-electron chi connectivity index (χ3n) is 1.15. The summed E-state index contributed by atoms with van der Waals surface area (Å²) in [5.41, 5.74) is 7.82. The molecular formula is C4H5N3O3. The van der Waals surface area contributed by atoms with Crippen LogP contribution < -0.4 is 0 Å². The molecule has 0 saturated carbocycles. The van der Waals surface area contributed by atoms with Gasteiger partial charge in [-0.25, -0.2) is 4.79 Å². The van der Waals surface area contributed by atoms with E-state index in [-0.39, 0.29) is 6.54 Å². The lowest BCUT2D eigenvalue weighted by atomic mass is 10.3. The molecule has 0 aromatic heterocycles. The molecule has 54 valence electrons. The molecular weight excluding hydrogens is 138 g/mol. The van der Waals surface area contributed by atoms with Crippen molar-refractivity contribution >= 4 is 5.97 Å². The van der Waals surface area contributed by atoms with Crippen molar-refractivity contribution in [2.45, 2.75) is 12.2 Å². The van der Waals surface area contributed by atoms with Crippen molar-refractivity contribution in [3.63, 3.8) is 0 Å². The van der Waals surface area contributed by atoms with Gasteiger partial charge in [-0.05, 0) is 5.53 Å². The summed E-state index contributed by atoms with van der Waals surface area (Å²) in [6.07, 6.45) is -1.17. The van der Waals surface area contributed by atoms with Gasteiger partial charge in [-0.15, -0.1) is 0 Å². The molecule has 0 radical (unpaired) electrons. The fourth-order valence-corrected chi connectivity index (χ4v) is 0.616. The molecule has 1 fully saturated rings. The van der Waals surface area contributed by atoms with E-state index in [1.807, 2.05) is 0 Å². The Hall–Kier alpha value is -1.26. The van der Waals surface area contributed by atoms with Gasteiger partial charge < -0.3 is 9.84 Å². The fourth-order valence-electron chi connectivity index (χ4n) is 0.616. The van der Waals surface area contributed by atoms with Crippen LogP contribution in [0, 0.1) is 0 Å². The van der Waals surface area contributed by atoms with Crippen LogP contribution in [0.15, 0.2) is 5.11 Å². The van der Waals surface area contributed by atoms with Crippen molar-refractivity contribution in [2.24, 2.45) is 5.11 Å². The number of hydrogen-bond acceptors (Lipinski definition) is 3. The maximum atomic E-state index is 10.1. The number of nitrogens with zero attached hydrogens (tertiary/aromatic N) is 3. The highest BCUT2D eigenvalue weighted by molar-refractivity contribution is 5.75. The van der Waals surface area contributed by atoms with Gasteiger partial charge in [0.1, 0.15) is 6.10 Å². The first kappa shape index (κ1) is 6.85. The summed E-state index contributed by atoms with van der Waals surface area (Å²) in [4.78, 5) is 12.5. The smallest absolute Gasteiger partial charge is 0.335 e. The second-order valence-electron chi connectivity index (χ2n) is 1.85. The van der Waals surface area contributed by atoms with E-state index in [9.17, 15) is 4.79 Å². The highest BCUT2D eigenvalue weighted by Gasteiger charge is 2.44. The van der Waals surface area contributed by atoms with Gasteiger partial charge in [0.15, 0.2) is 6.10 Å². The van der Waals surface area contributed by atoms with Crippen LogP contribution in [0.25, 0.3) is 10.4 Å². The summed E-state index contributed by atoms with van der Waals surface area (Å²) in [6.45, 7) is 0.105. The van der Waals surface area contributed by atoms with E-state index in [1.165, 1.54) is 0 Å². The summed E-state index contributed by atoms with van der Waals surface area (Å²) in [7, 11) is 0. The number of rotatable bonds is 3. The van der Waals surface area contributed by atoms with E-state index in [4.69, 9.17) is 10.6 Å². The van der Waals surface area contributed by atoms with E-state index in [0.29, 0.717) is 0 Å². The van der Waals surface area contributed by atoms with Crippen LogP contribution in [0.5, 0.6) is 0 Å². The zero-order chi connectivity index (χ0) is 7.56. The predicted octanol–water partition coefficient (Wildman–Crippen LogP) is 0.149. The number of carbonyl (C=O) groups is 1. The zero-order valence-corrected chi connectivity index (χ0v) is 4.97. The number of epoxide rings is 1. The lowest BCUT2D eigenvalue weighted by molar-refractivity contribution is -0.138. The summed E-state index contributed by atoms with van der Waals surface area (Å²) < 4.78 is 4.62. The van der Waals surface area contributed by atoms with Crippen molar-refractivity contribution in [1.82, 2.24) is 0 Å². The molecule has 1 aliphatic heterocycles. The van der Waals surface area contributed by atoms with Gasteiger partial charge in [0.05, 0.1) is 6.54 Å². The van der Waals surface area contributed by atoms with Crippen LogP contribution in [0.3, 0.4) is 0 Å². The minimum Gasteiger partial charge on any atom is -0.479 e. The average Bonchev–Trinajstić information content (AvgIpc) is 2.62. The van der Waals surface area contributed by atoms with Crippen LogP contribution in [0.1, 0.15) is 0 Å². The summed E-state index contributed by atoms with van der Waals surface area (Å²) in [5.74, 6) is -1.00. The molecule has 0 aliphatic carbocycles. The molecule has 0 unspecified atom stereocenters. The topological polar surface area (TPSA) is 98.6 Å². The molecule has 0 aromatic rings. The summed E-state index contributed by atoms with van der Waals surface area (Å²) in [6, 6.07) is 0. The first-order valence-electron chi connectivity index (χ1n) is 2.65. The van der Waals surface area contributed by atoms with Crippen molar-refractivity contribution < 1.29 is 14.6 Å². The maximum absolute atomic E-state index is 10.1. The van der Waals surface area contributed by atoms with Gasteiger partial charge in [-0.1, -0.05) is 5.11 Å². The van der Waals surface area contributed by atoms with Crippen LogP contribution in [-0.2, 0) is 9.53 Å². The second kappa shape index (κ2) is 2.55. The molecule has 1 saturated heterocycles. The molecule has 0 aromatic carbocycles. The van der Waals surface area contributed by atoms with E-state index in [2.05, 4.69) is 14.8 Å². The van der Waals surface area contributed by atoms with Crippen molar-refractivity contribution in [3.8, 4) is 0 Å². The van der Waals surface area contributed by atoms with Gasteiger partial charge in [0.2, 0.25) is 0 Å². The highest BCUT2D eigenvalue weighted by Crippen LogP contribution is 2.21. The normalized spacial score (nSPS) is 28.8. The van der Waals surface area contributed by atoms with Crippen LogP contribution in [0.2, 0.25) is 0 Å². The number of carboxylic acid groups (broad SMARTS) is 1. The van der Waals surface area contributed by atoms with Gasteiger partial charge >= 0.3 is 5.97 Å². The lowest BCUT2D eigenvalue weighted by Gasteiger charge is -1.79. The predicted molar refractivity (Wildman–Crippen MR) is 30.3 cm³/mol. The molecule has 0 bridgehead atoms. The zero-order valence-electron chi connectivity index (χ0n) is 4.97. The molecule has 6 heteroatoms. The number of aliphatic carboxylic acids is 1. The van der Waals surface area contributed by atoms with Crippen LogP contribution in [-0.4, -0.2) is 29.8 Å². The summed E-state index contributed by atoms with van der Waals surface area (Å²) >= 11 is 0. The molecule has 10 heavy (non-hydrogen) atoms. The Bertz CT molecular complexity index is 198. The summed E-state index contributed by atoms with van der Waals surface area (Å²) in [5, 5.41) is 11.4. The average molecular weight is 143 g/mol. The Morgan fingerprint density at radius 3 is 3.00 bits per heavy atom.